The van der Waals surface area contributed by atoms with Crippen molar-refractivity contribution in [3.8, 4) is 0 Å². The fourth-order valence-electron chi connectivity index (χ4n) is 3.16. The molecule has 156 valence electrons. The SMILES string of the molecule is CCCCCCCCCCCCCCS(=O)(=O)c1ccccc1S(=O)(=O)[O-].[Na+]. The number of hydrogen-bond acceptors (Lipinski definition) is 5. The maximum absolute atomic E-state index is 12.4. The first-order valence-corrected chi connectivity index (χ1v) is 13.1. The van der Waals surface area contributed by atoms with Crippen LogP contribution in [0.15, 0.2) is 34.1 Å². The topological polar surface area (TPSA) is 91.3 Å². The summed E-state index contributed by atoms with van der Waals surface area (Å²) in [6, 6.07) is 5.04. The number of sulfone groups is 1. The Bertz CT molecular complexity index is 746. The fraction of sp³-hybridized carbons (Fsp3) is 0.700. The zero-order chi connectivity index (χ0) is 20.2. The van der Waals surface area contributed by atoms with Gasteiger partial charge in [0.1, 0.15) is 10.1 Å². The van der Waals surface area contributed by atoms with Crippen molar-refractivity contribution in [2.75, 3.05) is 5.75 Å². The van der Waals surface area contributed by atoms with Crippen molar-refractivity contribution in [2.45, 2.75) is 93.8 Å². The molecule has 0 heterocycles. The van der Waals surface area contributed by atoms with Crippen LogP contribution in [0.4, 0.5) is 0 Å². The molecule has 28 heavy (non-hydrogen) atoms. The number of rotatable bonds is 15. The molecular weight excluding hydrogens is 407 g/mol. The summed E-state index contributed by atoms with van der Waals surface area (Å²) < 4.78 is 58.5. The maximum Gasteiger partial charge on any atom is 1.00 e. The van der Waals surface area contributed by atoms with Crippen LogP contribution in [0.1, 0.15) is 84.0 Å². The van der Waals surface area contributed by atoms with Crippen LogP contribution in [0.5, 0.6) is 0 Å². The molecule has 0 N–H and O–H groups in total. The van der Waals surface area contributed by atoms with Crippen LogP contribution in [0.3, 0.4) is 0 Å². The summed E-state index contributed by atoms with van der Waals surface area (Å²) in [5.41, 5.74) is 0. The van der Waals surface area contributed by atoms with Crippen molar-refractivity contribution < 1.29 is 50.9 Å². The van der Waals surface area contributed by atoms with Gasteiger partial charge in [0.25, 0.3) is 0 Å². The van der Waals surface area contributed by atoms with E-state index in [0.717, 1.165) is 25.3 Å². The molecule has 0 aromatic heterocycles. The second-order valence-corrected chi connectivity index (χ2v) is 10.5. The molecule has 0 atom stereocenters. The van der Waals surface area contributed by atoms with Crippen molar-refractivity contribution >= 4 is 20.0 Å². The number of hydrogen-bond donors (Lipinski definition) is 0. The first-order chi connectivity index (χ1) is 12.8. The molecule has 5 nitrogen and oxygen atoms in total. The summed E-state index contributed by atoms with van der Waals surface area (Å²) in [7, 11) is -8.57. The van der Waals surface area contributed by atoms with Crippen molar-refractivity contribution in [3.05, 3.63) is 24.3 Å². The normalized spacial score (nSPS) is 11.9. The van der Waals surface area contributed by atoms with Crippen LogP contribution in [-0.4, -0.2) is 27.1 Å². The standard InChI is InChI=1S/C20H34O5S2.Na/c1-2-3-4-5-6-7-8-9-10-11-12-15-18-26(21,22)19-16-13-14-17-20(19)27(23,24)25;/h13-14,16-17H,2-12,15,18H2,1H3,(H,23,24,25);/q;+1/p-1. The quantitative estimate of drug-likeness (QED) is 0.237. The Hall–Kier alpha value is 0.0800. The third-order valence-corrected chi connectivity index (χ3v) is 7.60. The number of benzene rings is 1. The van der Waals surface area contributed by atoms with Gasteiger partial charge in [-0.2, -0.15) is 0 Å². The summed E-state index contributed by atoms with van der Waals surface area (Å²) in [4.78, 5) is -1.02. The zero-order valence-electron chi connectivity index (χ0n) is 17.4. The monoisotopic (exact) mass is 440 g/mol. The third-order valence-electron chi connectivity index (χ3n) is 4.72. The molecule has 0 saturated heterocycles. The molecule has 0 amide bonds. The van der Waals surface area contributed by atoms with Crippen LogP contribution < -0.4 is 29.6 Å². The van der Waals surface area contributed by atoms with E-state index >= 15 is 0 Å². The largest absolute Gasteiger partial charge is 1.00 e. The Morgan fingerprint density at radius 2 is 1.07 bits per heavy atom. The van der Waals surface area contributed by atoms with Crippen LogP contribution in [0.25, 0.3) is 0 Å². The Morgan fingerprint density at radius 1 is 0.679 bits per heavy atom. The molecule has 1 aromatic rings. The molecule has 1 rings (SSSR count). The molecule has 8 heteroatoms. The predicted molar refractivity (Wildman–Crippen MR) is 108 cm³/mol. The van der Waals surface area contributed by atoms with Crippen LogP contribution in [-0.2, 0) is 20.0 Å². The molecule has 0 aliphatic heterocycles. The second-order valence-electron chi connectivity index (χ2n) is 7.11. The van der Waals surface area contributed by atoms with Gasteiger partial charge >= 0.3 is 29.6 Å². The Morgan fingerprint density at radius 3 is 1.50 bits per heavy atom. The average molecular weight is 441 g/mol. The minimum atomic E-state index is -4.80. The molecule has 0 saturated carbocycles. The zero-order valence-corrected chi connectivity index (χ0v) is 21.0. The van der Waals surface area contributed by atoms with Gasteiger partial charge in [0.05, 0.1) is 15.5 Å². The van der Waals surface area contributed by atoms with Gasteiger partial charge < -0.3 is 4.55 Å². The molecule has 1 aromatic carbocycles. The van der Waals surface area contributed by atoms with Gasteiger partial charge in [-0.1, -0.05) is 89.7 Å². The van der Waals surface area contributed by atoms with Crippen LogP contribution in [0.2, 0.25) is 0 Å². The second kappa shape index (κ2) is 15.0. The Kier molecular flexibility index (Phi) is 15.0. The van der Waals surface area contributed by atoms with E-state index in [9.17, 15) is 21.4 Å². The molecule has 0 spiro atoms. The van der Waals surface area contributed by atoms with Gasteiger partial charge in [-0.3, -0.25) is 0 Å². The minimum absolute atomic E-state index is 0. The van der Waals surface area contributed by atoms with E-state index in [2.05, 4.69) is 6.92 Å². The Balaban J connectivity index is 0.00000729. The predicted octanol–water partition coefficient (Wildman–Crippen LogP) is 2.07. The van der Waals surface area contributed by atoms with Gasteiger partial charge in [-0.25, -0.2) is 16.8 Å². The van der Waals surface area contributed by atoms with Crippen molar-refractivity contribution in [2.24, 2.45) is 0 Å². The van der Waals surface area contributed by atoms with Crippen molar-refractivity contribution in [3.63, 3.8) is 0 Å². The average Bonchev–Trinajstić information content (AvgIpc) is 2.62. The Labute approximate surface area is 193 Å². The van der Waals surface area contributed by atoms with E-state index in [4.69, 9.17) is 0 Å². The maximum atomic E-state index is 12.4. The first-order valence-electron chi connectivity index (χ1n) is 10.1. The van der Waals surface area contributed by atoms with Gasteiger partial charge in [-0.05, 0) is 18.6 Å². The summed E-state index contributed by atoms with van der Waals surface area (Å²) in [5, 5.41) is 0. The van der Waals surface area contributed by atoms with E-state index in [1.807, 2.05) is 0 Å². The van der Waals surface area contributed by atoms with Gasteiger partial charge in [0, 0.05) is 0 Å². The fourth-order valence-corrected chi connectivity index (χ4v) is 5.87. The third kappa shape index (κ3) is 11.3. The number of unbranched alkanes of at least 4 members (excludes halogenated alkanes) is 11. The van der Waals surface area contributed by atoms with E-state index in [1.165, 1.54) is 69.6 Å². The van der Waals surface area contributed by atoms with E-state index in [1.54, 1.807) is 0 Å². The minimum Gasteiger partial charge on any atom is -0.744 e. The molecule has 0 radical (unpaired) electrons. The van der Waals surface area contributed by atoms with Crippen molar-refractivity contribution in [1.29, 1.82) is 0 Å². The van der Waals surface area contributed by atoms with Gasteiger partial charge in [-0.15, -0.1) is 0 Å². The molecule has 0 aliphatic carbocycles. The molecule has 0 fully saturated rings. The van der Waals surface area contributed by atoms with Crippen LogP contribution in [0, 0.1) is 0 Å². The summed E-state index contributed by atoms with van der Waals surface area (Å²) in [6.07, 6.45) is 13.6. The molecule has 0 unspecified atom stereocenters. The summed E-state index contributed by atoms with van der Waals surface area (Å²) >= 11 is 0. The first kappa shape index (κ1) is 28.1. The smallest absolute Gasteiger partial charge is 0.744 e. The molecule has 0 bridgehead atoms. The molecular formula is C20H33NaO5S2. The van der Waals surface area contributed by atoms with Crippen LogP contribution >= 0.6 is 0 Å². The molecule has 0 aliphatic rings. The summed E-state index contributed by atoms with van der Waals surface area (Å²) in [6.45, 7) is 2.22. The van der Waals surface area contributed by atoms with E-state index in [0.29, 0.717) is 6.42 Å². The van der Waals surface area contributed by atoms with Gasteiger partial charge in [0.2, 0.25) is 0 Å². The van der Waals surface area contributed by atoms with Gasteiger partial charge in [0.15, 0.2) is 9.84 Å². The van der Waals surface area contributed by atoms with E-state index < -0.39 is 24.9 Å². The van der Waals surface area contributed by atoms with Crippen molar-refractivity contribution in [1.82, 2.24) is 0 Å². The summed E-state index contributed by atoms with van der Waals surface area (Å²) in [5.74, 6) is -0.128. The van der Waals surface area contributed by atoms with E-state index in [-0.39, 0.29) is 40.2 Å².